The van der Waals surface area contributed by atoms with E-state index in [4.69, 9.17) is 4.18 Å². The molecule has 0 bridgehead atoms. The maximum atomic E-state index is 11.1. The molecule has 0 aromatic rings. The molecule has 0 spiro atoms. The second-order valence-corrected chi connectivity index (χ2v) is 13.7. The predicted octanol–water partition coefficient (Wildman–Crippen LogP) is 3.88. The van der Waals surface area contributed by atoms with Gasteiger partial charge in [-0.15, -0.1) is 0 Å². The second kappa shape index (κ2) is 10.9. The summed E-state index contributed by atoms with van der Waals surface area (Å²) in [6.45, 7) is 12.2. The maximum Gasteiger partial charge on any atom is 1.00 e. The van der Waals surface area contributed by atoms with Gasteiger partial charge in [-0.25, -0.2) is 8.42 Å². The van der Waals surface area contributed by atoms with Gasteiger partial charge >= 0.3 is 51.4 Å². The molecular weight excluding hydrogens is 459 g/mol. The Morgan fingerprint density at radius 2 is 1.79 bits per heavy atom. The van der Waals surface area contributed by atoms with E-state index in [0.29, 0.717) is 24.2 Å². The fraction of sp³-hybridized carbons (Fsp3) is 0.926. The molecule has 184 valence electrons. The number of hydrogen-bond acceptors (Lipinski definition) is 4. The second-order valence-electron chi connectivity index (χ2n) is 12.7. The summed E-state index contributed by atoms with van der Waals surface area (Å²) in [6.07, 6.45) is 14.8. The first-order chi connectivity index (χ1) is 14.9. The van der Waals surface area contributed by atoms with E-state index in [-0.39, 0.29) is 56.8 Å². The van der Waals surface area contributed by atoms with Crippen LogP contribution in [0.5, 0.6) is 0 Å². The average Bonchev–Trinajstić information content (AvgIpc) is 3.04. The van der Waals surface area contributed by atoms with Crippen LogP contribution in [0.4, 0.5) is 0 Å². The first kappa shape index (κ1) is 28.8. The van der Waals surface area contributed by atoms with Gasteiger partial charge in [0, 0.05) is 0 Å². The smallest absolute Gasteiger partial charge is 0.726 e. The molecule has 6 heteroatoms. The Morgan fingerprint density at radius 1 is 1.06 bits per heavy atom. The van der Waals surface area contributed by atoms with Gasteiger partial charge in [0.25, 0.3) is 0 Å². The van der Waals surface area contributed by atoms with Crippen LogP contribution in [0.1, 0.15) is 105 Å². The summed E-state index contributed by atoms with van der Waals surface area (Å²) in [5.74, 6) is 4.78. The summed E-state index contributed by atoms with van der Waals surface area (Å²) in [5, 5.41) is 0. The van der Waals surface area contributed by atoms with Gasteiger partial charge in [0.15, 0.2) is 0 Å². The van der Waals surface area contributed by atoms with Crippen LogP contribution in [0.2, 0.25) is 0 Å². The Bertz CT molecular complexity index is 824. The third kappa shape index (κ3) is 5.89. The fourth-order valence-corrected chi connectivity index (χ4v) is 9.40. The van der Waals surface area contributed by atoms with E-state index in [0.717, 1.165) is 42.4 Å². The predicted molar refractivity (Wildman–Crippen MR) is 128 cm³/mol. The van der Waals surface area contributed by atoms with Crippen LogP contribution in [-0.2, 0) is 14.6 Å². The van der Waals surface area contributed by atoms with Gasteiger partial charge in [0.05, 0.1) is 6.10 Å². The summed E-state index contributed by atoms with van der Waals surface area (Å²) in [4.78, 5) is 0. The summed E-state index contributed by atoms with van der Waals surface area (Å²) in [6, 6.07) is 0. The van der Waals surface area contributed by atoms with Gasteiger partial charge in [0.2, 0.25) is 10.4 Å². The molecule has 0 saturated heterocycles. The van der Waals surface area contributed by atoms with Crippen molar-refractivity contribution in [3.8, 4) is 0 Å². The molecule has 33 heavy (non-hydrogen) atoms. The normalized spacial score (nSPS) is 41.4. The van der Waals surface area contributed by atoms with E-state index in [9.17, 15) is 13.0 Å². The van der Waals surface area contributed by atoms with E-state index in [1.165, 1.54) is 50.5 Å². The zero-order chi connectivity index (χ0) is 23.3. The molecule has 0 aliphatic heterocycles. The number of fused-ring (bicyclic) bond motifs is 5. The molecule has 3 fully saturated rings. The Labute approximate surface area is 245 Å². The largest absolute Gasteiger partial charge is 1.00 e. The van der Waals surface area contributed by atoms with E-state index in [1.54, 1.807) is 0 Å². The summed E-state index contributed by atoms with van der Waals surface area (Å²) < 4.78 is 38.2. The molecule has 0 radical (unpaired) electrons. The van der Waals surface area contributed by atoms with Crippen LogP contribution in [0.15, 0.2) is 11.6 Å². The summed E-state index contributed by atoms with van der Waals surface area (Å²) >= 11 is 0. The van der Waals surface area contributed by atoms with E-state index in [2.05, 4.69) is 40.7 Å². The van der Waals surface area contributed by atoms with Gasteiger partial charge in [-0.05, 0) is 97.7 Å². The Morgan fingerprint density at radius 3 is 2.45 bits per heavy atom. The van der Waals surface area contributed by atoms with Crippen molar-refractivity contribution >= 4 is 10.4 Å². The van der Waals surface area contributed by atoms with Crippen molar-refractivity contribution in [2.75, 3.05) is 0 Å². The van der Waals surface area contributed by atoms with Crippen LogP contribution in [0.3, 0.4) is 0 Å². The van der Waals surface area contributed by atoms with Crippen molar-refractivity contribution in [1.29, 1.82) is 0 Å². The molecule has 0 N–H and O–H groups in total. The van der Waals surface area contributed by atoms with Crippen molar-refractivity contribution in [2.45, 2.75) is 111 Å². The van der Waals surface area contributed by atoms with Gasteiger partial charge in [-0.1, -0.05) is 65.5 Å². The zero-order valence-corrected chi connectivity index (χ0v) is 25.9. The molecule has 4 nitrogen and oxygen atoms in total. The molecule has 6 unspecified atom stereocenters. The van der Waals surface area contributed by atoms with Gasteiger partial charge in [-0.3, -0.25) is 4.18 Å². The van der Waals surface area contributed by atoms with Crippen LogP contribution >= 0.6 is 0 Å². The summed E-state index contributed by atoms with van der Waals surface area (Å²) in [5.41, 5.74) is 1.99. The number of hydrogen-bond donors (Lipinski definition) is 0. The fourth-order valence-electron chi connectivity index (χ4n) is 8.90. The minimum Gasteiger partial charge on any atom is -0.726 e. The topological polar surface area (TPSA) is 66.4 Å². The maximum absolute atomic E-state index is 11.1. The van der Waals surface area contributed by atoms with Crippen molar-refractivity contribution in [2.24, 2.45) is 46.3 Å². The van der Waals surface area contributed by atoms with Crippen LogP contribution in [0.25, 0.3) is 0 Å². The van der Waals surface area contributed by atoms with Crippen molar-refractivity contribution in [3.05, 3.63) is 11.6 Å². The van der Waals surface area contributed by atoms with Crippen LogP contribution in [0, 0.1) is 46.3 Å². The average molecular weight is 505 g/mol. The number of rotatable bonds is 7. The molecule has 0 heterocycles. The zero-order valence-electron chi connectivity index (χ0n) is 21.9. The van der Waals surface area contributed by atoms with E-state index < -0.39 is 16.5 Å². The van der Waals surface area contributed by atoms with Crippen LogP contribution in [-0.4, -0.2) is 19.1 Å². The quantitative estimate of drug-likeness (QED) is 0.228. The first-order valence-corrected chi connectivity index (χ1v) is 14.6. The molecule has 0 amide bonds. The molecule has 4 aliphatic carbocycles. The molecule has 0 aromatic heterocycles. The van der Waals surface area contributed by atoms with Gasteiger partial charge in [0.1, 0.15) is 0 Å². The van der Waals surface area contributed by atoms with Crippen LogP contribution < -0.4 is 51.4 Å². The molecule has 4 rings (SSSR count). The molecule has 0 aromatic carbocycles. The summed E-state index contributed by atoms with van der Waals surface area (Å²) in [7, 11) is -4.63. The third-order valence-electron chi connectivity index (χ3n) is 10.5. The molecular formula is C27H45KO4S. The van der Waals surface area contributed by atoms with E-state index in [1.807, 2.05) is 0 Å². The molecule has 8 atom stereocenters. The van der Waals surface area contributed by atoms with E-state index >= 15 is 0 Å². The Kier molecular flexibility index (Phi) is 9.54. The van der Waals surface area contributed by atoms with Gasteiger partial charge in [-0.2, -0.15) is 0 Å². The minimum absolute atomic E-state index is 0. The first-order valence-electron chi connectivity index (χ1n) is 13.3. The Hall–Kier alpha value is 1.25. The molecule has 3 saturated carbocycles. The van der Waals surface area contributed by atoms with Crippen molar-refractivity contribution in [1.82, 2.24) is 0 Å². The van der Waals surface area contributed by atoms with Crippen molar-refractivity contribution in [3.63, 3.8) is 0 Å². The van der Waals surface area contributed by atoms with Crippen molar-refractivity contribution < 1.29 is 68.5 Å². The SMILES string of the molecule is CC(C)CCCC(C)[C@H]1CCC2C3CC=C4C[C@@H](OS(=O)(=O)[O-])CCC4(C)C3CCC21C.[K+]. The van der Waals surface area contributed by atoms with Gasteiger partial charge < -0.3 is 4.55 Å². The molecule has 4 aliphatic rings. The number of allylic oxidation sites excluding steroid dienone is 1. The standard InChI is InChI=1S/C27H46O4S.K/c1-18(2)7-6-8-19(3)23-11-12-24-22-10-9-20-17-21(31-32(28,29)30)13-15-26(20,4)25(22)14-16-27(23,24)5;/h9,18-19,21-25H,6-8,10-17H2,1-5H3,(H,28,29,30);/q;+1/p-1/t19?,21-,22?,23+,24?,25?,26?,27?;/m0./s1. The third-order valence-corrected chi connectivity index (χ3v) is 11.0. The monoisotopic (exact) mass is 504 g/mol. The minimum atomic E-state index is -4.63. The Balaban J connectivity index is 0.00000306.